The number of aromatic nitrogens is 2. The van der Waals surface area contributed by atoms with Gasteiger partial charge in [0.25, 0.3) is 0 Å². The molecule has 126 valence electrons. The Kier molecular flexibility index (Phi) is 5.24. The van der Waals surface area contributed by atoms with Crippen molar-refractivity contribution in [1.29, 1.82) is 0 Å². The number of ether oxygens (including phenoxy) is 1. The second kappa shape index (κ2) is 6.83. The zero-order valence-electron chi connectivity index (χ0n) is 12.7. The fourth-order valence-corrected chi connectivity index (χ4v) is 3.04. The molecule has 1 aliphatic rings. The molecule has 1 fully saturated rings. The molecule has 1 aliphatic heterocycles. The molecule has 9 nitrogen and oxygen atoms in total. The third-order valence-electron chi connectivity index (χ3n) is 3.24. The molecule has 0 radical (unpaired) electrons. The van der Waals surface area contributed by atoms with Crippen LogP contribution in [0.4, 0.5) is 5.82 Å². The highest BCUT2D eigenvalue weighted by atomic mass is 31.2. The first kappa shape index (κ1) is 17.7. The Bertz CT molecular complexity index is 746. The average molecular weight is 343 g/mol. The van der Waals surface area contributed by atoms with Crippen molar-refractivity contribution in [2.45, 2.75) is 31.8 Å². The van der Waals surface area contributed by atoms with Crippen LogP contribution in [0.1, 0.15) is 25.1 Å². The maximum Gasteiger partial charge on any atom is 0.351 e. The van der Waals surface area contributed by atoms with E-state index in [2.05, 4.69) is 16.8 Å². The minimum Gasteiger partial charge on any atom is -0.394 e. The lowest BCUT2D eigenvalue weighted by molar-refractivity contribution is -0.0430. The second-order valence-corrected chi connectivity index (χ2v) is 6.92. The summed E-state index contributed by atoms with van der Waals surface area (Å²) in [6.07, 6.45) is -0.940. The maximum atomic E-state index is 12.0. The van der Waals surface area contributed by atoms with Gasteiger partial charge in [0, 0.05) is 19.3 Å². The molecule has 0 amide bonds. The van der Waals surface area contributed by atoms with Gasteiger partial charge >= 0.3 is 13.3 Å². The number of nitrogen functional groups attached to an aromatic ring is 1. The van der Waals surface area contributed by atoms with Gasteiger partial charge in [0.05, 0.1) is 18.3 Å². The van der Waals surface area contributed by atoms with Gasteiger partial charge in [-0.15, -0.1) is 5.92 Å². The van der Waals surface area contributed by atoms with E-state index in [1.54, 1.807) is 6.92 Å². The quantitative estimate of drug-likeness (QED) is 0.499. The minimum atomic E-state index is -3.76. The van der Waals surface area contributed by atoms with Crippen LogP contribution in [0.5, 0.6) is 0 Å². The third-order valence-corrected chi connectivity index (χ3v) is 3.90. The molecule has 4 N–H and O–H groups in total. The van der Waals surface area contributed by atoms with Gasteiger partial charge < -0.3 is 25.0 Å². The van der Waals surface area contributed by atoms with Gasteiger partial charge in [-0.2, -0.15) is 4.98 Å². The van der Waals surface area contributed by atoms with Crippen LogP contribution < -0.4 is 11.4 Å². The summed E-state index contributed by atoms with van der Waals surface area (Å²) < 4.78 is 23.2. The predicted molar refractivity (Wildman–Crippen MR) is 81.7 cm³/mol. The van der Waals surface area contributed by atoms with Crippen molar-refractivity contribution in [1.82, 2.24) is 9.55 Å². The van der Waals surface area contributed by atoms with Gasteiger partial charge in [-0.25, -0.2) is 4.79 Å². The molecule has 1 aromatic heterocycles. The topological polar surface area (TPSA) is 137 Å². The van der Waals surface area contributed by atoms with E-state index in [0.29, 0.717) is 5.56 Å². The Morgan fingerprint density at radius 3 is 2.91 bits per heavy atom. The van der Waals surface area contributed by atoms with Crippen LogP contribution in [0.2, 0.25) is 0 Å². The van der Waals surface area contributed by atoms with E-state index < -0.39 is 38.3 Å². The van der Waals surface area contributed by atoms with Crippen molar-refractivity contribution in [2.75, 3.05) is 19.0 Å². The molecule has 0 bridgehead atoms. The van der Waals surface area contributed by atoms with Crippen LogP contribution in [0, 0.1) is 11.8 Å². The van der Waals surface area contributed by atoms with Crippen molar-refractivity contribution in [3.63, 3.8) is 0 Å². The van der Waals surface area contributed by atoms with Crippen LogP contribution in [0.3, 0.4) is 0 Å². The molecule has 0 aromatic carbocycles. The average Bonchev–Trinajstić information content (AvgIpc) is 2.82. The summed E-state index contributed by atoms with van der Waals surface area (Å²) in [5, 5.41) is 9.33. The highest BCUT2D eigenvalue weighted by molar-refractivity contribution is 7.51. The molecule has 4 atom stereocenters. The summed E-state index contributed by atoms with van der Waals surface area (Å²) >= 11 is 0. The van der Waals surface area contributed by atoms with E-state index in [1.165, 1.54) is 10.8 Å². The number of rotatable bonds is 4. The monoisotopic (exact) mass is 343 g/mol. The standard InChI is InChI=1S/C13H18N3O6P/c1-3-4-8-6-16(13(18)15-12(8)14)11-5-9(10(7-17)21-11)22-23(2,19)20/h6,9-11,17H,5,7H2,1-2H3,(H,19,20)(H2,14,15,18)/t9-,10?,11-/m1/s1. The first-order valence-corrected chi connectivity index (χ1v) is 8.84. The zero-order valence-corrected chi connectivity index (χ0v) is 13.6. The van der Waals surface area contributed by atoms with Gasteiger partial charge in [0.2, 0.25) is 0 Å². The van der Waals surface area contributed by atoms with Crippen LogP contribution in [-0.2, 0) is 13.8 Å². The molecule has 0 spiro atoms. The summed E-state index contributed by atoms with van der Waals surface area (Å²) in [4.78, 5) is 25.0. The van der Waals surface area contributed by atoms with Crippen LogP contribution in [-0.4, -0.2) is 45.0 Å². The second-order valence-electron chi connectivity index (χ2n) is 5.10. The predicted octanol–water partition coefficient (Wildman–Crippen LogP) is -0.323. The van der Waals surface area contributed by atoms with E-state index in [0.717, 1.165) is 6.66 Å². The minimum absolute atomic E-state index is 0.0125. The fourth-order valence-electron chi connectivity index (χ4n) is 2.32. The van der Waals surface area contributed by atoms with Crippen molar-refractivity contribution in [2.24, 2.45) is 0 Å². The number of hydrogen-bond donors (Lipinski definition) is 3. The maximum absolute atomic E-state index is 12.0. The van der Waals surface area contributed by atoms with Crippen LogP contribution in [0.25, 0.3) is 0 Å². The number of nitrogens with two attached hydrogens (primary N) is 1. The van der Waals surface area contributed by atoms with Crippen molar-refractivity contribution in [3.05, 3.63) is 22.2 Å². The Labute approximate surface area is 132 Å². The zero-order chi connectivity index (χ0) is 17.2. The molecule has 2 unspecified atom stereocenters. The van der Waals surface area contributed by atoms with E-state index in [4.69, 9.17) is 15.0 Å². The van der Waals surface area contributed by atoms with E-state index >= 15 is 0 Å². The summed E-state index contributed by atoms with van der Waals surface area (Å²) in [5.41, 5.74) is 5.36. The lowest BCUT2D eigenvalue weighted by Crippen LogP contribution is -2.29. The molecule has 2 heterocycles. The number of hydrogen-bond acceptors (Lipinski definition) is 7. The smallest absolute Gasteiger partial charge is 0.351 e. The number of anilines is 1. The SMILES string of the molecule is CC#Cc1cn([C@H]2C[C@@H](OP(C)(=O)O)C(CO)O2)c(=O)nc1N. The van der Waals surface area contributed by atoms with Gasteiger partial charge in [-0.1, -0.05) is 5.92 Å². The Hall–Kier alpha value is -1.69. The first-order chi connectivity index (χ1) is 10.7. The Morgan fingerprint density at radius 2 is 2.35 bits per heavy atom. The molecule has 1 saturated heterocycles. The molecule has 10 heteroatoms. The molecule has 23 heavy (non-hydrogen) atoms. The molecular formula is C13H18N3O6P. The molecule has 2 rings (SSSR count). The summed E-state index contributed by atoms with van der Waals surface area (Å²) in [6.45, 7) is 2.24. The summed E-state index contributed by atoms with van der Waals surface area (Å²) in [5.74, 6) is 5.40. The largest absolute Gasteiger partial charge is 0.394 e. The summed E-state index contributed by atoms with van der Waals surface area (Å²) in [7, 11) is -3.76. The molecule has 1 aromatic rings. The number of aliphatic hydroxyl groups is 1. The first-order valence-electron chi connectivity index (χ1n) is 6.81. The lowest BCUT2D eigenvalue weighted by atomic mass is 10.2. The van der Waals surface area contributed by atoms with E-state index in [9.17, 15) is 19.4 Å². The van der Waals surface area contributed by atoms with Crippen molar-refractivity contribution < 1.29 is 23.8 Å². The normalized spacial score (nSPS) is 26.3. The Morgan fingerprint density at radius 1 is 1.65 bits per heavy atom. The van der Waals surface area contributed by atoms with Crippen LogP contribution in [0.15, 0.2) is 11.0 Å². The summed E-state index contributed by atoms with van der Waals surface area (Å²) in [6, 6.07) is 0. The Balaban J connectivity index is 2.32. The fraction of sp³-hybridized carbons (Fsp3) is 0.538. The van der Waals surface area contributed by atoms with Gasteiger partial charge in [-0.05, 0) is 6.92 Å². The van der Waals surface area contributed by atoms with E-state index in [-0.39, 0.29) is 12.2 Å². The number of nitrogens with zero attached hydrogens (tertiary/aromatic N) is 2. The number of aliphatic hydroxyl groups excluding tert-OH is 1. The molecule has 0 saturated carbocycles. The van der Waals surface area contributed by atoms with Crippen molar-refractivity contribution in [3.8, 4) is 11.8 Å². The molecular weight excluding hydrogens is 325 g/mol. The van der Waals surface area contributed by atoms with E-state index in [1.807, 2.05) is 0 Å². The third kappa shape index (κ3) is 4.19. The highest BCUT2D eigenvalue weighted by Crippen LogP contribution is 2.43. The van der Waals surface area contributed by atoms with Gasteiger partial charge in [0.1, 0.15) is 18.1 Å². The van der Waals surface area contributed by atoms with Crippen LogP contribution >= 0.6 is 7.60 Å². The molecule has 0 aliphatic carbocycles. The van der Waals surface area contributed by atoms with Gasteiger partial charge in [0.15, 0.2) is 0 Å². The van der Waals surface area contributed by atoms with Gasteiger partial charge in [-0.3, -0.25) is 9.13 Å². The lowest BCUT2D eigenvalue weighted by Gasteiger charge is -2.17. The highest BCUT2D eigenvalue weighted by Gasteiger charge is 2.39. The van der Waals surface area contributed by atoms with Crippen molar-refractivity contribution >= 4 is 13.4 Å².